The molecule has 0 spiro atoms. The molecule has 0 aliphatic rings. The van der Waals surface area contributed by atoms with Crippen LogP contribution in [0.3, 0.4) is 0 Å². The summed E-state index contributed by atoms with van der Waals surface area (Å²) in [7, 11) is 0. The molecular formula is C11H11ClO2. The number of ether oxygens (including phenoxy) is 1. The summed E-state index contributed by atoms with van der Waals surface area (Å²) in [6.45, 7) is 3.89. The molecule has 3 heteroatoms. The number of benzene rings is 1. The highest BCUT2D eigenvalue weighted by atomic mass is 35.5. The van der Waals surface area contributed by atoms with E-state index >= 15 is 0 Å². The second-order valence-electron chi connectivity index (χ2n) is 2.72. The van der Waals surface area contributed by atoms with Crippen LogP contribution in [0, 0.1) is 0 Å². The Morgan fingerprint density at radius 2 is 2.36 bits per heavy atom. The summed E-state index contributed by atoms with van der Waals surface area (Å²) in [4.78, 5) is 11.4. The molecule has 0 saturated heterocycles. The van der Waals surface area contributed by atoms with E-state index in [9.17, 15) is 4.79 Å². The van der Waals surface area contributed by atoms with E-state index in [4.69, 9.17) is 16.3 Å². The number of hydrogen-bond acceptors (Lipinski definition) is 2. The van der Waals surface area contributed by atoms with Gasteiger partial charge in [0.05, 0.1) is 12.2 Å². The highest BCUT2D eigenvalue weighted by Gasteiger charge is 2.05. The van der Waals surface area contributed by atoms with Gasteiger partial charge < -0.3 is 4.74 Å². The molecule has 2 nitrogen and oxygen atoms in total. The SMILES string of the molecule is C=CCCOC(=O)c1cccc(Cl)c1. The van der Waals surface area contributed by atoms with Gasteiger partial charge in [0.1, 0.15) is 0 Å². The average Bonchev–Trinajstić information content (AvgIpc) is 2.18. The highest BCUT2D eigenvalue weighted by molar-refractivity contribution is 6.30. The van der Waals surface area contributed by atoms with Crippen molar-refractivity contribution >= 4 is 17.6 Å². The van der Waals surface area contributed by atoms with Gasteiger partial charge in [0, 0.05) is 5.02 Å². The van der Waals surface area contributed by atoms with Crippen LogP contribution >= 0.6 is 11.6 Å². The lowest BCUT2D eigenvalue weighted by Crippen LogP contribution is -2.05. The van der Waals surface area contributed by atoms with Gasteiger partial charge in [-0.15, -0.1) is 6.58 Å². The van der Waals surface area contributed by atoms with Crippen molar-refractivity contribution in [2.24, 2.45) is 0 Å². The minimum Gasteiger partial charge on any atom is -0.462 e. The molecule has 0 aliphatic carbocycles. The Balaban J connectivity index is 2.56. The number of esters is 1. The molecule has 14 heavy (non-hydrogen) atoms. The Labute approximate surface area is 88.1 Å². The van der Waals surface area contributed by atoms with Crippen molar-refractivity contribution in [3.63, 3.8) is 0 Å². The average molecular weight is 211 g/mol. The maximum Gasteiger partial charge on any atom is 0.338 e. The van der Waals surface area contributed by atoms with Crippen LogP contribution in [0.5, 0.6) is 0 Å². The fourth-order valence-corrected chi connectivity index (χ4v) is 1.12. The largest absolute Gasteiger partial charge is 0.462 e. The quantitative estimate of drug-likeness (QED) is 0.434. The molecule has 0 amide bonds. The Kier molecular flexibility index (Phi) is 4.20. The first kappa shape index (κ1) is 10.8. The van der Waals surface area contributed by atoms with Crippen LogP contribution < -0.4 is 0 Å². The van der Waals surface area contributed by atoms with Crippen molar-refractivity contribution in [3.05, 3.63) is 47.5 Å². The summed E-state index contributed by atoms with van der Waals surface area (Å²) in [6, 6.07) is 6.68. The van der Waals surface area contributed by atoms with Gasteiger partial charge in [-0.2, -0.15) is 0 Å². The predicted molar refractivity (Wildman–Crippen MR) is 56.5 cm³/mol. The predicted octanol–water partition coefficient (Wildman–Crippen LogP) is 3.07. The van der Waals surface area contributed by atoms with E-state index in [0.717, 1.165) is 0 Å². The number of rotatable bonds is 4. The van der Waals surface area contributed by atoms with E-state index in [1.165, 1.54) is 0 Å². The van der Waals surface area contributed by atoms with Crippen LogP contribution in [0.1, 0.15) is 16.8 Å². The standard InChI is InChI=1S/C11H11ClO2/c1-2-3-7-14-11(13)9-5-4-6-10(12)8-9/h2,4-6,8H,1,3,7H2. The van der Waals surface area contributed by atoms with E-state index in [1.807, 2.05) is 0 Å². The molecule has 0 radical (unpaired) electrons. The van der Waals surface area contributed by atoms with Gasteiger partial charge in [0.25, 0.3) is 0 Å². The lowest BCUT2D eigenvalue weighted by molar-refractivity contribution is 0.0512. The Morgan fingerprint density at radius 3 is 3.00 bits per heavy atom. The van der Waals surface area contributed by atoms with Gasteiger partial charge in [-0.25, -0.2) is 4.79 Å². The maximum atomic E-state index is 11.4. The first-order valence-corrected chi connectivity index (χ1v) is 4.65. The van der Waals surface area contributed by atoms with Gasteiger partial charge in [-0.1, -0.05) is 23.7 Å². The van der Waals surface area contributed by atoms with Crippen molar-refractivity contribution in [2.75, 3.05) is 6.61 Å². The zero-order valence-electron chi connectivity index (χ0n) is 7.70. The molecule has 1 rings (SSSR count). The Bertz CT molecular complexity index is 334. The molecule has 0 heterocycles. The van der Waals surface area contributed by atoms with E-state index in [2.05, 4.69) is 6.58 Å². The van der Waals surface area contributed by atoms with E-state index in [0.29, 0.717) is 23.6 Å². The molecule has 0 atom stereocenters. The smallest absolute Gasteiger partial charge is 0.338 e. The zero-order valence-corrected chi connectivity index (χ0v) is 8.46. The van der Waals surface area contributed by atoms with Crippen molar-refractivity contribution in [1.29, 1.82) is 0 Å². The van der Waals surface area contributed by atoms with E-state index in [1.54, 1.807) is 30.3 Å². The fourth-order valence-electron chi connectivity index (χ4n) is 0.934. The highest BCUT2D eigenvalue weighted by Crippen LogP contribution is 2.11. The second kappa shape index (κ2) is 5.45. The third-order valence-corrected chi connectivity index (χ3v) is 1.85. The molecule has 1 aromatic rings. The van der Waals surface area contributed by atoms with E-state index in [-0.39, 0.29) is 5.97 Å². The molecular weight excluding hydrogens is 200 g/mol. The third-order valence-electron chi connectivity index (χ3n) is 1.62. The number of halogens is 1. The molecule has 0 bridgehead atoms. The molecule has 1 aromatic carbocycles. The van der Waals surface area contributed by atoms with Crippen LogP contribution in [-0.2, 0) is 4.74 Å². The van der Waals surface area contributed by atoms with Gasteiger partial charge in [-0.05, 0) is 24.6 Å². The number of hydrogen-bond donors (Lipinski definition) is 0. The first-order valence-electron chi connectivity index (χ1n) is 4.27. The topological polar surface area (TPSA) is 26.3 Å². The summed E-state index contributed by atoms with van der Waals surface area (Å²) >= 11 is 5.73. The third kappa shape index (κ3) is 3.23. The maximum absolute atomic E-state index is 11.4. The minimum absolute atomic E-state index is 0.352. The van der Waals surface area contributed by atoms with Crippen molar-refractivity contribution in [1.82, 2.24) is 0 Å². The molecule has 0 fully saturated rings. The Hall–Kier alpha value is -1.28. The molecule has 0 unspecified atom stereocenters. The van der Waals surface area contributed by atoms with Crippen molar-refractivity contribution in [3.8, 4) is 0 Å². The second-order valence-corrected chi connectivity index (χ2v) is 3.16. The van der Waals surface area contributed by atoms with Crippen LogP contribution in [0.25, 0.3) is 0 Å². The molecule has 74 valence electrons. The van der Waals surface area contributed by atoms with Gasteiger partial charge in [-0.3, -0.25) is 0 Å². The summed E-state index contributed by atoms with van der Waals surface area (Å²) < 4.78 is 4.95. The summed E-state index contributed by atoms with van der Waals surface area (Å²) in [5, 5.41) is 0.531. The Morgan fingerprint density at radius 1 is 1.57 bits per heavy atom. The van der Waals surface area contributed by atoms with Gasteiger partial charge >= 0.3 is 5.97 Å². The van der Waals surface area contributed by atoms with Crippen molar-refractivity contribution < 1.29 is 9.53 Å². The normalized spacial score (nSPS) is 9.50. The number of carbonyl (C=O) groups excluding carboxylic acids is 1. The van der Waals surface area contributed by atoms with Gasteiger partial charge in [0.2, 0.25) is 0 Å². The lowest BCUT2D eigenvalue weighted by atomic mass is 10.2. The fraction of sp³-hybridized carbons (Fsp3) is 0.182. The number of carbonyl (C=O) groups is 1. The summed E-state index contributed by atoms with van der Waals surface area (Å²) in [5.74, 6) is -0.352. The van der Waals surface area contributed by atoms with E-state index < -0.39 is 0 Å². The van der Waals surface area contributed by atoms with Crippen LogP contribution in [0.2, 0.25) is 5.02 Å². The molecule has 0 saturated carbocycles. The summed E-state index contributed by atoms with van der Waals surface area (Å²) in [5.41, 5.74) is 0.474. The zero-order chi connectivity index (χ0) is 10.4. The van der Waals surface area contributed by atoms with Gasteiger partial charge in [0.15, 0.2) is 0 Å². The molecule has 0 aliphatic heterocycles. The monoisotopic (exact) mass is 210 g/mol. The van der Waals surface area contributed by atoms with Crippen LogP contribution in [-0.4, -0.2) is 12.6 Å². The minimum atomic E-state index is -0.352. The molecule has 0 N–H and O–H groups in total. The van der Waals surface area contributed by atoms with Crippen LogP contribution in [0.15, 0.2) is 36.9 Å². The summed E-state index contributed by atoms with van der Waals surface area (Å²) in [6.07, 6.45) is 2.36. The van der Waals surface area contributed by atoms with Crippen LogP contribution in [0.4, 0.5) is 0 Å². The molecule has 0 aromatic heterocycles. The lowest BCUT2D eigenvalue weighted by Gasteiger charge is -2.02. The van der Waals surface area contributed by atoms with Crippen molar-refractivity contribution in [2.45, 2.75) is 6.42 Å². The first-order chi connectivity index (χ1) is 6.74.